The summed E-state index contributed by atoms with van der Waals surface area (Å²) in [4.78, 5) is 10.9. The Morgan fingerprint density at radius 3 is 1.32 bits per heavy atom. The van der Waals surface area contributed by atoms with E-state index in [0.29, 0.717) is 0 Å². The van der Waals surface area contributed by atoms with E-state index in [1.807, 2.05) is 13.8 Å². The Balaban J connectivity index is 0.000000183. The van der Waals surface area contributed by atoms with Crippen LogP contribution in [-0.4, -0.2) is 203 Å². The van der Waals surface area contributed by atoms with E-state index in [2.05, 4.69) is 9.47 Å². The fourth-order valence-corrected chi connectivity index (χ4v) is 5.87. The van der Waals surface area contributed by atoms with Gasteiger partial charge >= 0.3 is 5.97 Å². The maximum atomic E-state index is 10.9. The Kier molecular flexibility index (Phi) is 15.7. The molecule has 0 aromatic heterocycles. The average Bonchev–Trinajstić information content (AvgIpc) is 3.87. The summed E-state index contributed by atoms with van der Waals surface area (Å²) < 4.78 is 57.1. The van der Waals surface area contributed by atoms with Gasteiger partial charge in [0.1, 0.15) is 67.1 Å². The van der Waals surface area contributed by atoms with Crippen LogP contribution in [0.1, 0.15) is 27.7 Å². The molecular formula is C29H52O21. The summed E-state index contributed by atoms with van der Waals surface area (Å²) >= 11 is 0. The Bertz CT molecular complexity index is 1010. The Hall–Kier alpha value is -1.29. The van der Waals surface area contributed by atoms with Crippen molar-refractivity contribution < 1.29 is 103 Å². The van der Waals surface area contributed by atoms with E-state index < -0.39 is 104 Å². The SMILES string of the molecule is CO[C@@H]1O[C@H](C(=O)O)[C@H]2OC(C)(C)O[C@@H]12.CO[C@@H]1O[C@H](CO)[C@@H](O)[C@H]1O.CO[C@@H]1O[C@H](CO)[C@H]2OC(C)(C)O[C@@H]12.OC[C@H]1O[C@@H](O)[C@H](O)[C@@H]1O. The number of aliphatic hydroxyl groups excluding tert-OH is 8. The van der Waals surface area contributed by atoms with Gasteiger partial charge in [0, 0.05) is 21.3 Å². The molecule has 6 heterocycles. The van der Waals surface area contributed by atoms with Gasteiger partial charge in [-0.05, 0) is 27.7 Å². The number of carboxylic acids is 1. The molecule has 0 saturated carbocycles. The van der Waals surface area contributed by atoms with Gasteiger partial charge in [-0.3, -0.25) is 0 Å². The number of aliphatic hydroxyl groups is 8. The number of aliphatic carboxylic acids is 1. The van der Waals surface area contributed by atoms with Crippen LogP contribution < -0.4 is 0 Å². The van der Waals surface area contributed by atoms with Gasteiger partial charge in [0.05, 0.1) is 19.8 Å². The van der Waals surface area contributed by atoms with Crippen molar-refractivity contribution in [3.05, 3.63) is 0 Å². The maximum Gasteiger partial charge on any atom is 0.335 e. The van der Waals surface area contributed by atoms with Gasteiger partial charge in [0.25, 0.3) is 0 Å². The molecule has 0 radical (unpaired) electrons. The molecule has 50 heavy (non-hydrogen) atoms. The summed E-state index contributed by atoms with van der Waals surface area (Å²) in [5, 5.41) is 79.9. The second-order valence-electron chi connectivity index (χ2n) is 12.8. The maximum absolute atomic E-state index is 10.9. The normalized spacial score (nSPS) is 45.0. The van der Waals surface area contributed by atoms with Crippen molar-refractivity contribution >= 4 is 5.97 Å². The van der Waals surface area contributed by atoms with E-state index in [9.17, 15) is 4.79 Å². The highest BCUT2D eigenvalue weighted by Crippen LogP contribution is 2.40. The monoisotopic (exact) mass is 736 g/mol. The first-order valence-corrected chi connectivity index (χ1v) is 15.8. The van der Waals surface area contributed by atoms with Crippen molar-refractivity contribution in [2.24, 2.45) is 0 Å². The fraction of sp³-hybridized carbons (Fsp3) is 0.966. The second-order valence-corrected chi connectivity index (χ2v) is 12.8. The molecule has 6 fully saturated rings. The summed E-state index contributed by atoms with van der Waals surface area (Å²) in [5.74, 6) is -2.47. The van der Waals surface area contributed by atoms with Gasteiger partial charge in [-0.25, -0.2) is 4.79 Å². The van der Waals surface area contributed by atoms with Gasteiger partial charge in [0.15, 0.2) is 42.8 Å². The molecule has 0 aliphatic carbocycles. The summed E-state index contributed by atoms with van der Waals surface area (Å²) in [6.45, 7) is 6.33. The summed E-state index contributed by atoms with van der Waals surface area (Å²) in [7, 11) is 4.36. The Morgan fingerprint density at radius 1 is 0.540 bits per heavy atom. The minimum absolute atomic E-state index is 0.0829. The van der Waals surface area contributed by atoms with Crippen LogP contribution in [0.4, 0.5) is 0 Å². The minimum Gasteiger partial charge on any atom is -0.479 e. The quantitative estimate of drug-likeness (QED) is 0.119. The molecule has 0 bridgehead atoms. The number of methoxy groups -OCH3 is 3. The highest BCUT2D eigenvalue weighted by Gasteiger charge is 2.58. The number of hydrogen-bond donors (Lipinski definition) is 9. The molecule has 21 heteroatoms. The minimum atomic E-state index is -1.38. The summed E-state index contributed by atoms with van der Waals surface area (Å²) in [6, 6.07) is 0. The molecule has 6 saturated heterocycles. The van der Waals surface area contributed by atoms with E-state index in [4.69, 9.17) is 88.6 Å². The van der Waals surface area contributed by atoms with Crippen molar-refractivity contribution in [2.45, 2.75) is 138 Å². The molecule has 0 spiro atoms. The second kappa shape index (κ2) is 18.2. The van der Waals surface area contributed by atoms with Crippen LogP contribution in [0.5, 0.6) is 0 Å². The van der Waals surface area contributed by atoms with Crippen molar-refractivity contribution in [1.29, 1.82) is 0 Å². The smallest absolute Gasteiger partial charge is 0.335 e. The third kappa shape index (κ3) is 10.0. The third-order valence-corrected chi connectivity index (χ3v) is 8.25. The van der Waals surface area contributed by atoms with Crippen molar-refractivity contribution in [3.63, 3.8) is 0 Å². The zero-order chi connectivity index (χ0) is 37.7. The fourth-order valence-electron chi connectivity index (χ4n) is 5.87. The molecule has 0 unspecified atom stereocenters. The molecule has 0 amide bonds. The van der Waals surface area contributed by atoms with E-state index in [-0.39, 0.29) is 31.5 Å². The van der Waals surface area contributed by atoms with Gasteiger partial charge in [0.2, 0.25) is 0 Å². The van der Waals surface area contributed by atoms with Crippen LogP contribution in [0.2, 0.25) is 0 Å². The first kappa shape index (κ1) is 43.1. The topological polar surface area (TPSA) is 301 Å². The van der Waals surface area contributed by atoms with Crippen LogP contribution in [0.25, 0.3) is 0 Å². The number of ether oxygens (including phenoxy) is 11. The zero-order valence-corrected chi connectivity index (χ0v) is 28.8. The van der Waals surface area contributed by atoms with Crippen LogP contribution in [-0.2, 0) is 56.9 Å². The predicted octanol–water partition coefficient (Wildman–Crippen LogP) is -4.68. The average molecular weight is 737 g/mol. The zero-order valence-electron chi connectivity index (χ0n) is 28.8. The van der Waals surface area contributed by atoms with Crippen LogP contribution >= 0.6 is 0 Å². The van der Waals surface area contributed by atoms with Crippen LogP contribution in [0.15, 0.2) is 0 Å². The standard InChI is InChI=1S/C9H14O6.C9H16O5.C6H12O5.C5H10O5/c1-9(2)14-4-5(7(10)11)13-8(12-3)6(4)15-9;1-9(2)13-6-5(4-10)12-8(11-3)7(6)14-9;1-10-6-5(9)4(8)3(2-7)11-6;6-1-2-3(7)4(8)5(9)10-2/h4-6,8H,1-3H3,(H,10,11);5-8,10H,4H2,1-3H3;3-9H,2H2,1H3;2-9H,1H2/t4-,5+,6-,8-;5-,6-,7-,8-;3-,4-,5-,6-;2-,3-,4-,5-/m1111/s1. The molecular weight excluding hydrogens is 684 g/mol. The molecule has 0 aromatic rings. The Labute approximate surface area is 287 Å². The largest absolute Gasteiger partial charge is 0.479 e. The van der Waals surface area contributed by atoms with Crippen molar-refractivity contribution in [1.82, 2.24) is 0 Å². The lowest BCUT2D eigenvalue weighted by Crippen LogP contribution is -2.35. The van der Waals surface area contributed by atoms with Crippen molar-refractivity contribution in [3.8, 4) is 0 Å². The lowest BCUT2D eigenvalue weighted by atomic mass is 10.1. The summed E-state index contributed by atoms with van der Waals surface area (Å²) in [6.07, 6.45) is -12.5. The van der Waals surface area contributed by atoms with Crippen LogP contribution in [0.3, 0.4) is 0 Å². The van der Waals surface area contributed by atoms with E-state index in [0.717, 1.165) is 0 Å². The lowest BCUT2D eigenvalue weighted by molar-refractivity contribution is -0.230. The number of hydrogen-bond acceptors (Lipinski definition) is 20. The summed E-state index contributed by atoms with van der Waals surface area (Å²) in [5.41, 5.74) is 0. The number of carbonyl (C=O) groups is 1. The Morgan fingerprint density at radius 2 is 0.940 bits per heavy atom. The molecule has 0 aromatic carbocycles. The highest BCUT2D eigenvalue weighted by molar-refractivity contribution is 5.73. The molecule has 294 valence electrons. The highest BCUT2D eigenvalue weighted by atomic mass is 16.8. The molecule has 6 aliphatic rings. The lowest BCUT2D eigenvalue weighted by Gasteiger charge is -2.22. The van der Waals surface area contributed by atoms with Gasteiger partial charge in [-0.15, -0.1) is 0 Å². The molecule has 9 N–H and O–H groups in total. The van der Waals surface area contributed by atoms with Crippen LogP contribution in [0, 0.1) is 0 Å². The van der Waals surface area contributed by atoms with E-state index in [1.54, 1.807) is 21.0 Å². The molecule has 16 atom stereocenters. The molecule has 6 rings (SSSR count). The molecule has 21 nitrogen and oxygen atoms in total. The predicted molar refractivity (Wildman–Crippen MR) is 158 cm³/mol. The first-order valence-electron chi connectivity index (χ1n) is 15.8. The van der Waals surface area contributed by atoms with E-state index in [1.165, 1.54) is 14.2 Å². The first-order chi connectivity index (χ1) is 23.4. The molecule has 6 aliphatic heterocycles. The number of carboxylic acid groups (broad SMARTS) is 1. The number of rotatable bonds is 7. The third-order valence-electron chi connectivity index (χ3n) is 8.25. The van der Waals surface area contributed by atoms with Gasteiger partial charge in [-0.1, -0.05) is 0 Å². The number of fused-ring (bicyclic) bond motifs is 2. The van der Waals surface area contributed by atoms with Crippen molar-refractivity contribution in [2.75, 3.05) is 41.2 Å². The van der Waals surface area contributed by atoms with E-state index >= 15 is 0 Å². The van der Waals surface area contributed by atoms with Gasteiger partial charge in [-0.2, -0.15) is 0 Å². The van der Waals surface area contributed by atoms with Gasteiger partial charge < -0.3 is 98.1 Å².